The van der Waals surface area contributed by atoms with Gasteiger partial charge in [0.2, 0.25) is 0 Å². The number of halogens is 1. The predicted molar refractivity (Wildman–Crippen MR) is 60.3 cm³/mol. The van der Waals surface area contributed by atoms with Gasteiger partial charge in [0.1, 0.15) is 5.82 Å². The molecule has 0 amide bonds. The Kier molecular flexibility index (Phi) is 2.80. The molecule has 0 aliphatic carbocycles. The maximum absolute atomic E-state index is 6.02. The van der Waals surface area contributed by atoms with Crippen molar-refractivity contribution in [2.24, 2.45) is 5.84 Å². The number of rotatable bonds is 2. The van der Waals surface area contributed by atoms with Crippen LogP contribution < -0.4 is 11.3 Å². The molecule has 0 aliphatic heterocycles. The number of aromatic nitrogens is 2. The fourth-order valence-electron chi connectivity index (χ4n) is 1.21. The summed E-state index contributed by atoms with van der Waals surface area (Å²) in [5.74, 6) is 6.37. The zero-order valence-electron chi connectivity index (χ0n) is 7.81. The third kappa shape index (κ3) is 2.06. The number of nitrogens with one attached hydrogen (secondary N) is 1. The summed E-state index contributed by atoms with van der Waals surface area (Å²) in [6.45, 7) is 0. The Morgan fingerprint density at radius 3 is 2.73 bits per heavy atom. The molecule has 2 aromatic rings. The molecule has 0 saturated carbocycles. The third-order valence-corrected chi connectivity index (χ3v) is 2.25. The van der Waals surface area contributed by atoms with Crippen molar-refractivity contribution in [3.63, 3.8) is 0 Å². The van der Waals surface area contributed by atoms with Crippen LogP contribution in [0.5, 0.6) is 0 Å². The fourth-order valence-corrected chi connectivity index (χ4v) is 1.43. The summed E-state index contributed by atoms with van der Waals surface area (Å²) in [5.41, 5.74) is 3.25. The highest BCUT2D eigenvalue weighted by atomic mass is 35.5. The molecule has 0 radical (unpaired) electrons. The second kappa shape index (κ2) is 4.25. The molecule has 0 saturated heterocycles. The molecular formula is C10H9ClN4. The van der Waals surface area contributed by atoms with Crippen LogP contribution in [0.1, 0.15) is 0 Å². The SMILES string of the molecule is NNc1ccnc(-c2ccccc2Cl)n1. The second-order valence-electron chi connectivity index (χ2n) is 2.89. The molecule has 0 unspecified atom stereocenters. The molecule has 1 aromatic carbocycles. The minimum atomic E-state index is 0.552. The molecule has 0 fully saturated rings. The van der Waals surface area contributed by atoms with Gasteiger partial charge in [-0.1, -0.05) is 23.7 Å². The average Bonchev–Trinajstić information content (AvgIpc) is 2.30. The maximum Gasteiger partial charge on any atom is 0.163 e. The van der Waals surface area contributed by atoms with Gasteiger partial charge in [0.25, 0.3) is 0 Å². The van der Waals surface area contributed by atoms with Crippen molar-refractivity contribution < 1.29 is 0 Å². The molecule has 0 atom stereocenters. The van der Waals surface area contributed by atoms with Crippen LogP contribution in [0.3, 0.4) is 0 Å². The maximum atomic E-state index is 6.02. The average molecular weight is 221 g/mol. The van der Waals surface area contributed by atoms with Crippen LogP contribution in [0.15, 0.2) is 36.5 Å². The number of nitrogens with zero attached hydrogens (tertiary/aromatic N) is 2. The van der Waals surface area contributed by atoms with E-state index in [2.05, 4.69) is 15.4 Å². The predicted octanol–water partition coefficient (Wildman–Crippen LogP) is 2.08. The lowest BCUT2D eigenvalue weighted by Gasteiger charge is -2.04. The number of nitrogens with two attached hydrogens (primary N) is 1. The molecule has 2 rings (SSSR count). The monoisotopic (exact) mass is 220 g/mol. The number of hydrogen-bond acceptors (Lipinski definition) is 4. The van der Waals surface area contributed by atoms with Crippen molar-refractivity contribution in [1.29, 1.82) is 0 Å². The zero-order valence-corrected chi connectivity index (χ0v) is 8.57. The van der Waals surface area contributed by atoms with Crippen LogP contribution >= 0.6 is 11.6 Å². The highest BCUT2D eigenvalue weighted by Crippen LogP contribution is 2.24. The van der Waals surface area contributed by atoms with E-state index < -0.39 is 0 Å². The smallest absolute Gasteiger partial charge is 0.163 e. The molecule has 1 aromatic heterocycles. The van der Waals surface area contributed by atoms with Gasteiger partial charge in [-0.05, 0) is 12.1 Å². The van der Waals surface area contributed by atoms with Crippen LogP contribution in [-0.4, -0.2) is 9.97 Å². The highest BCUT2D eigenvalue weighted by Gasteiger charge is 2.05. The van der Waals surface area contributed by atoms with Crippen LogP contribution in [0, 0.1) is 0 Å². The lowest BCUT2D eigenvalue weighted by molar-refractivity contribution is 1.15. The molecule has 5 heteroatoms. The topological polar surface area (TPSA) is 63.8 Å². The Morgan fingerprint density at radius 2 is 2.00 bits per heavy atom. The first-order valence-corrected chi connectivity index (χ1v) is 4.73. The van der Waals surface area contributed by atoms with Gasteiger partial charge in [0.05, 0.1) is 5.02 Å². The first kappa shape index (κ1) is 9.89. The summed E-state index contributed by atoms with van der Waals surface area (Å²) in [7, 11) is 0. The van der Waals surface area contributed by atoms with E-state index in [-0.39, 0.29) is 0 Å². The Hall–Kier alpha value is -1.65. The Balaban J connectivity index is 2.49. The summed E-state index contributed by atoms with van der Waals surface area (Å²) in [6, 6.07) is 9.07. The second-order valence-corrected chi connectivity index (χ2v) is 3.30. The van der Waals surface area contributed by atoms with Crippen molar-refractivity contribution in [3.8, 4) is 11.4 Å². The number of hydrogen-bond donors (Lipinski definition) is 2. The molecule has 15 heavy (non-hydrogen) atoms. The van der Waals surface area contributed by atoms with Crippen LogP contribution in [0.2, 0.25) is 5.02 Å². The standard InChI is InChI=1S/C10H9ClN4/c11-8-4-2-1-3-7(8)10-13-6-5-9(14-10)15-12/h1-6H,12H2,(H,13,14,15). The summed E-state index contributed by atoms with van der Waals surface area (Å²) in [6.07, 6.45) is 1.63. The lowest BCUT2D eigenvalue weighted by Crippen LogP contribution is -2.09. The quantitative estimate of drug-likeness (QED) is 0.601. The van der Waals surface area contributed by atoms with Crippen molar-refractivity contribution in [1.82, 2.24) is 9.97 Å². The lowest BCUT2D eigenvalue weighted by atomic mass is 10.2. The summed E-state index contributed by atoms with van der Waals surface area (Å²) >= 11 is 6.02. The van der Waals surface area contributed by atoms with E-state index in [4.69, 9.17) is 17.4 Å². The van der Waals surface area contributed by atoms with Gasteiger partial charge in [-0.2, -0.15) is 0 Å². The van der Waals surface area contributed by atoms with E-state index in [0.717, 1.165) is 5.56 Å². The van der Waals surface area contributed by atoms with Gasteiger partial charge in [0, 0.05) is 17.8 Å². The number of hydrazine groups is 1. The van der Waals surface area contributed by atoms with E-state index >= 15 is 0 Å². The molecular weight excluding hydrogens is 212 g/mol. The first-order chi connectivity index (χ1) is 7.31. The van der Waals surface area contributed by atoms with Gasteiger partial charge in [-0.25, -0.2) is 15.8 Å². The van der Waals surface area contributed by atoms with E-state index in [0.29, 0.717) is 16.7 Å². The summed E-state index contributed by atoms with van der Waals surface area (Å²) in [5, 5.41) is 0.617. The van der Waals surface area contributed by atoms with Gasteiger partial charge in [0.15, 0.2) is 5.82 Å². The summed E-state index contributed by atoms with van der Waals surface area (Å²) < 4.78 is 0. The Bertz CT molecular complexity index is 472. The largest absolute Gasteiger partial charge is 0.308 e. The molecule has 0 spiro atoms. The first-order valence-electron chi connectivity index (χ1n) is 4.36. The number of anilines is 1. The zero-order chi connectivity index (χ0) is 10.7. The van der Waals surface area contributed by atoms with Crippen LogP contribution in [-0.2, 0) is 0 Å². The fraction of sp³-hybridized carbons (Fsp3) is 0. The summed E-state index contributed by atoms with van der Waals surface area (Å²) in [4.78, 5) is 8.32. The van der Waals surface area contributed by atoms with Crippen molar-refractivity contribution in [2.45, 2.75) is 0 Å². The van der Waals surface area contributed by atoms with Crippen LogP contribution in [0.25, 0.3) is 11.4 Å². The highest BCUT2D eigenvalue weighted by molar-refractivity contribution is 6.33. The van der Waals surface area contributed by atoms with Crippen molar-refractivity contribution >= 4 is 17.4 Å². The minimum absolute atomic E-state index is 0.552. The molecule has 76 valence electrons. The number of benzene rings is 1. The molecule has 4 nitrogen and oxygen atoms in total. The van der Waals surface area contributed by atoms with Crippen molar-refractivity contribution in [3.05, 3.63) is 41.6 Å². The van der Waals surface area contributed by atoms with Crippen LogP contribution in [0.4, 0.5) is 5.82 Å². The van der Waals surface area contributed by atoms with Crippen molar-refractivity contribution in [2.75, 3.05) is 5.43 Å². The Morgan fingerprint density at radius 1 is 1.20 bits per heavy atom. The van der Waals surface area contributed by atoms with E-state index in [1.54, 1.807) is 18.3 Å². The van der Waals surface area contributed by atoms with E-state index in [1.807, 2.05) is 18.2 Å². The van der Waals surface area contributed by atoms with Gasteiger partial charge in [-0.3, -0.25) is 0 Å². The molecule has 0 aliphatic rings. The van der Waals surface area contributed by atoms with E-state index in [1.165, 1.54) is 0 Å². The minimum Gasteiger partial charge on any atom is -0.308 e. The van der Waals surface area contributed by atoms with E-state index in [9.17, 15) is 0 Å². The van der Waals surface area contributed by atoms with Gasteiger partial charge in [-0.15, -0.1) is 0 Å². The molecule has 1 heterocycles. The number of nitrogen functional groups attached to an aromatic ring is 1. The van der Waals surface area contributed by atoms with Gasteiger partial charge < -0.3 is 5.43 Å². The molecule has 3 N–H and O–H groups in total. The normalized spacial score (nSPS) is 10.0. The third-order valence-electron chi connectivity index (χ3n) is 1.92. The van der Waals surface area contributed by atoms with Gasteiger partial charge >= 0.3 is 0 Å². The Labute approximate surface area is 92.1 Å². The molecule has 0 bridgehead atoms.